The van der Waals surface area contributed by atoms with Crippen molar-refractivity contribution in [1.82, 2.24) is 15.5 Å². The summed E-state index contributed by atoms with van der Waals surface area (Å²) >= 11 is 0. The van der Waals surface area contributed by atoms with E-state index in [0.29, 0.717) is 24.9 Å². The van der Waals surface area contributed by atoms with Crippen LogP contribution in [-0.4, -0.2) is 42.9 Å². The SMILES string of the molecule is CC(C)CNCc1nnc(NCCOCC(F)F)o1. The van der Waals surface area contributed by atoms with E-state index < -0.39 is 13.0 Å². The molecule has 0 unspecified atom stereocenters. The molecule has 0 saturated carbocycles. The van der Waals surface area contributed by atoms with Crippen LogP contribution in [0.15, 0.2) is 4.42 Å². The molecule has 2 N–H and O–H groups in total. The fourth-order valence-corrected chi connectivity index (χ4v) is 1.27. The van der Waals surface area contributed by atoms with E-state index in [0.717, 1.165) is 6.54 Å². The van der Waals surface area contributed by atoms with Crippen molar-refractivity contribution in [2.24, 2.45) is 5.92 Å². The molecule has 8 heteroatoms. The van der Waals surface area contributed by atoms with Crippen LogP contribution in [0.2, 0.25) is 0 Å². The van der Waals surface area contributed by atoms with Crippen LogP contribution >= 0.6 is 0 Å². The molecule has 1 rings (SSSR count). The summed E-state index contributed by atoms with van der Waals surface area (Å²) in [5.41, 5.74) is 0. The van der Waals surface area contributed by atoms with E-state index in [-0.39, 0.29) is 12.6 Å². The Kier molecular flexibility index (Phi) is 7.27. The maximum atomic E-state index is 11.8. The molecule has 0 saturated heterocycles. The molecule has 110 valence electrons. The van der Waals surface area contributed by atoms with Gasteiger partial charge in [-0.1, -0.05) is 18.9 Å². The molecule has 1 aromatic heterocycles. The van der Waals surface area contributed by atoms with Crippen LogP contribution in [0.4, 0.5) is 14.8 Å². The van der Waals surface area contributed by atoms with Crippen molar-refractivity contribution in [3.05, 3.63) is 5.89 Å². The van der Waals surface area contributed by atoms with Gasteiger partial charge in [0.15, 0.2) is 0 Å². The minimum Gasteiger partial charge on any atom is -0.407 e. The number of rotatable bonds is 10. The molecule has 1 heterocycles. The van der Waals surface area contributed by atoms with E-state index >= 15 is 0 Å². The van der Waals surface area contributed by atoms with Gasteiger partial charge in [-0.15, -0.1) is 5.10 Å². The first-order valence-corrected chi connectivity index (χ1v) is 6.20. The van der Waals surface area contributed by atoms with Crippen LogP contribution in [0, 0.1) is 5.92 Å². The van der Waals surface area contributed by atoms with E-state index in [4.69, 9.17) is 9.15 Å². The lowest BCUT2D eigenvalue weighted by Crippen LogP contribution is -2.19. The van der Waals surface area contributed by atoms with Crippen molar-refractivity contribution in [2.75, 3.05) is 31.6 Å². The Morgan fingerprint density at radius 3 is 2.79 bits per heavy atom. The quantitative estimate of drug-likeness (QED) is 0.632. The van der Waals surface area contributed by atoms with Crippen LogP contribution < -0.4 is 10.6 Å². The Balaban J connectivity index is 2.12. The van der Waals surface area contributed by atoms with E-state index in [1.165, 1.54) is 0 Å². The van der Waals surface area contributed by atoms with Crippen molar-refractivity contribution in [2.45, 2.75) is 26.8 Å². The average Bonchev–Trinajstić information content (AvgIpc) is 2.76. The number of alkyl halides is 2. The second kappa shape index (κ2) is 8.76. The molecular formula is C11H20F2N4O2. The number of ether oxygens (including phenoxy) is 1. The van der Waals surface area contributed by atoms with Crippen molar-refractivity contribution < 1.29 is 17.9 Å². The minimum atomic E-state index is -2.44. The smallest absolute Gasteiger partial charge is 0.315 e. The van der Waals surface area contributed by atoms with Gasteiger partial charge < -0.3 is 19.8 Å². The summed E-state index contributed by atoms with van der Waals surface area (Å²) in [5.74, 6) is 1.03. The predicted octanol–water partition coefficient (Wildman–Crippen LogP) is 1.51. The van der Waals surface area contributed by atoms with Gasteiger partial charge in [0, 0.05) is 6.54 Å². The maximum Gasteiger partial charge on any atom is 0.315 e. The number of aromatic nitrogens is 2. The van der Waals surface area contributed by atoms with Gasteiger partial charge >= 0.3 is 6.01 Å². The van der Waals surface area contributed by atoms with Gasteiger partial charge in [-0.25, -0.2) is 8.78 Å². The largest absolute Gasteiger partial charge is 0.407 e. The summed E-state index contributed by atoms with van der Waals surface area (Å²) < 4.78 is 33.5. The fraction of sp³-hybridized carbons (Fsp3) is 0.818. The third-order valence-electron chi connectivity index (χ3n) is 2.06. The molecule has 0 radical (unpaired) electrons. The Labute approximate surface area is 110 Å². The van der Waals surface area contributed by atoms with E-state index in [2.05, 4.69) is 34.7 Å². The second-order valence-corrected chi connectivity index (χ2v) is 4.42. The highest BCUT2D eigenvalue weighted by molar-refractivity contribution is 5.16. The minimum absolute atomic E-state index is 0.160. The van der Waals surface area contributed by atoms with Gasteiger partial charge in [-0.2, -0.15) is 0 Å². The molecular weight excluding hydrogens is 258 g/mol. The summed E-state index contributed by atoms with van der Waals surface area (Å²) in [5, 5.41) is 13.6. The number of hydrogen-bond acceptors (Lipinski definition) is 6. The Morgan fingerprint density at radius 1 is 1.32 bits per heavy atom. The highest BCUT2D eigenvalue weighted by Gasteiger charge is 2.06. The van der Waals surface area contributed by atoms with Gasteiger partial charge in [0.25, 0.3) is 6.43 Å². The highest BCUT2D eigenvalue weighted by atomic mass is 19.3. The zero-order chi connectivity index (χ0) is 14.1. The summed E-state index contributed by atoms with van der Waals surface area (Å²) in [6, 6.07) is 0.266. The third kappa shape index (κ3) is 7.68. The lowest BCUT2D eigenvalue weighted by molar-refractivity contribution is 0.0214. The molecule has 0 aromatic carbocycles. The van der Waals surface area contributed by atoms with Crippen LogP contribution in [-0.2, 0) is 11.3 Å². The second-order valence-electron chi connectivity index (χ2n) is 4.42. The van der Waals surface area contributed by atoms with E-state index in [1.54, 1.807) is 0 Å². The van der Waals surface area contributed by atoms with E-state index in [9.17, 15) is 8.78 Å². The number of nitrogens with zero attached hydrogens (tertiary/aromatic N) is 2. The monoisotopic (exact) mass is 278 g/mol. The van der Waals surface area contributed by atoms with Crippen LogP contribution in [0.3, 0.4) is 0 Å². The van der Waals surface area contributed by atoms with Gasteiger partial charge in [0.1, 0.15) is 6.61 Å². The van der Waals surface area contributed by atoms with E-state index in [1.807, 2.05) is 0 Å². The zero-order valence-corrected chi connectivity index (χ0v) is 11.2. The number of anilines is 1. The fourth-order valence-electron chi connectivity index (χ4n) is 1.27. The summed E-state index contributed by atoms with van der Waals surface area (Å²) in [6.45, 7) is 5.53. The molecule has 19 heavy (non-hydrogen) atoms. The molecule has 6 nitrogen and oxygen atoms in total. The number of hydrogen-bond donors (Lipinski definition) is 2. The first-order valence-electron chi connectivity index (χ1n) is 6.20. The first-order chi connectivity index (χ1) is 9.08. The molecule has 1 aromatic rings. The summed E-state index contributed by atoms with van der Waals surface area (Å²) in [6.07, 6.45) is -2.44. The first kappa shape index (κ1) is 15.8. The topological polar surface area (TPSA) is 72.2 Å². The van der Waals surface area contributed by atoms with Gasteiger partial charge in [0.05, 0.1) is 13.2 Å². The zero-order valence-electron chi connectivity index (χ0n) is 11.2. The standard InChI is InChI=1S/C11H20F2N4O2/c1-8(2)5-14-6-10-16-17-11(19-10)15-3-4-18-7-9(12)13/h8-9,14H,3-7H2,1-2H3,(H,15,17). The van der Waals surface area contributed by atoms with Crippen molar-refractivity contribution >= 4 is 6.01 Å². The van der Waals surface area contributed by atoms with Gasteiger partial charge in [0.2, 0.25) is 5.89 Å². The van der Waals surface area contributed by atoms with Crippen LogP contribution in [0.25, 0.3) is 0 Å². The molecule has 0 bridgehead atoms. The molecule has 0 spiro atoms. The normalized spacial score (nSPS) is 11.5. The van der Waals surface area contributed by atoms with Gasteiger partial charge in [-0.3, -0.25) is 0 Å². The summed E-state index contributed by atoms with van der Waals surface area (Å²) in [4.78, 5) is 0. The lowest BCUT2D eigenvalue weighted by Gasteiger charge is -2.04. The lowest BCUT2D eigenvalue weighted by atomic mass is 10.2. The van der Waals surface area contributed by atoms with Crippen LogP contribution in [0.5, 0.6) is 0 Å². The number of nitrogens with one attached hydrogen (secondary N) is 2. The Morgan fingerprint density at radius 2 is 2.11 bits per heavy atom. The molecule has 0 atom stereocenters. The van der Waals surface area contributed by atoms with Crippen molar-refractivity contribution in [1.29, 1.82) is 0 Å². The Bertz CT molecular complexity index is 347. The van der Waals surface area contributed by atoms with Crippen molar-refractivity contribution in [3.8, 4) is 0 Å². The highest BCUT2D eigenvalue weighted by Crippen LogP contribution is 2.04. The molecule has 0 aliphatic heterocycles. The van der Waals surface area contributed by atoms with Crippen molar-refractivity contribution in [3.63, 3.8) is 0 Å². The predicted molar refractivity (Wildman–Crippen MR) is 66.2 cm³/mol. The molecule has 0 amide bonds. The molecule has 0 aliphatic carbocycles. The average molecular weight is 278 g/mol. The van der Waals surface area contributed by atoms with Crippen LogP contribution in [0.1, 0.15) is 19.7 Å². The Hall–Kier alpha value is -1.28. The molecule has 0 fully saturated rings. The van der Waals surface area contributed by atoms with Gasteiger partial charge in [-0.05, 0) is 12.5 Å². The summed E-state index contributed by atoms with van der Waals surface area (Å²) in [7, 11) is 0. The maximum absolute atomic E-state index is 11.8. The third-order valence-corrected chi connectivity index (χ3v) is 2.06. The number of halogens is 2. The molecule has 0 aliphatic rings.